The molecular formula is C20H20N2O4. The smallest absolute Gasteiger partial charge is 0.216 e. The quantitative estimate of drug-likeness (QED) is 0.857. The summed E-state index contributed by atoms with van der Waals surface area (Å²) in [6, 6.07) is 15.6. The highest BCUT2D eigenvalue weighted by Gasteiger charge is 2.22. The van der Waals surface area contributed by atoms with Gasteiger partial charge in [0.05, 0.1) is 13.1 Å². The molecule has 6 heteroatoms. The highest BCUT2D eigenvalue weighted by Crippen LogP contribution is 2.21. The van der Waals surface area contributed by atoms with E-state index in [2.05, 4.69) is 9.98 Å². The molecular weight excluding hydrogens is 332 g/mol. The van der Waals surface area contributed by atoms with Crippen LogP contribution in [0.2, 0.25) is 0 Å². The van der Waals surface area contributed by atoms with Gasteiger partial charge in [0, 0.05) is 22.3 Å². The minimum absolute atomic E-state index is 0.0487. The van der Waals surface area contributed by atoms with Crippen LogP contribution in [0.15, 0.2) is 58.5 Å². The lowest BCUT2D eigenvalue weighted by molar-refractivity contribution is 0.0313. The Morgan fingerprint density at radius 2 is 1.15 bits per heavy atom. The van der Waals surface area contributed by atoms with Crippen molar-refractivity contribution in [1.29, 1.82) is 0 Å². The van der Waals surface area contributed by atoms with Crippen molar-refractivity contribution < 1.29 is 19.7 Å². The molecule has 0 spiro atoms. The normalized spacial score (nSPS) is 20.4. The lowest BCUT2D eigenvalue weighted by Gasteiger charge is -2.14. The average molecular weight is 352 g/mol. The third-order valence-corrected chi connectivity index (χ3v) is 4.51. The van der Waals surface area contributed by atoms with Crippen LogP contribution in [0.4, 0.5) is 0 Å². The van der Waals surface area contributed by atoms with Gasteiger partial charge in [-0.15, -0.1) is 0 Å². The molecule has 2 atom stereocenters. The van der Waals surface area contributed by atoms with Gasteiger partial charge in [-0.25, -0.2) is 9.98 Å². The van der Waals surface area contributed by atoms with Gasteiger partial charge in [0.25, 0.3) is 0 Å². The number of rotatable bonds is 5. The average Bonchev–Trinajstić information content (AvgIpc) is 3.28. The summed E-state index contributed by atoms with van der Waals surface area (Å²) in [7, 11) is 0. The maximum Gasteiger partial charge on any atom is 0.216 e. The third-order valence-electron chi connectivity index (χ3n) is 4.51. The zero-order chi connectivity index (χ0) is 17.9. The van der Waals surface area contributed by atoms with E-state index < -0.39 is 12.2 Å². The highest BCUT2D eigenvalue weighted by atomic mass is 16.5. The number of aliphatic hydroxyl groups excluding tert-OH is 2. The summed E-state index contributed by atoms with van der Waals surface area (Å²) in [6.07, 6.45) is -2.06. The molecule has 2 aliphatic rings. The molecule has 2 aliphatic heterocycles. The van der Waals surface area contributed by atoms with Crippen LogP contribution in [0.25, 0.3) is 0 Å². The van der Waals surface area contributed by atoms with E-state index in [1.165, 1.54) is 0 Å². The molecule has 0 amide bonds. The van der Waals surface area contributed by atoms with Gasteiger partial charge in [-0.2, -0.15) is 0 Å². The Balaban J connectivity index is 1.37. The molecule has 134 valence electrons. The number of aliphatic imine (C=N–C) groups is 2. The van der Waals surface area contributed by atoms with Gasteiger partial charge in [0.2, 0.25) is 11.8 Å². The predicted molar refractivity (Wildman–Crippen MR) is 97.3 cm³/mol. The number of hydrogen-bond acceptors (Lipinski definition) is 6. The van der Waals surface area contributed by atoms with E-state index in [0.29, 0.717) is 25.0 Å². The maximum atomic E-state index is 10.2. The lowest BCUT2D eigenvalue weighted by atomic mass is 10.1. The summed E-state index contributed by atoms with van der Waals surface area (Å²) in [5, 5.41) is 20.3. The molecule has 2 heterocycles. The van der Waals surface area contributed by atoms with Crippen LogP contribution in [0.5, 0.6) is 0 Å². The molecule has 0 aliphatic carbocycles. The molecule has 0 saturated carbocycles. The van der Waals surface area contributed by atoms with Crippen molar-refractivity contribution in [3.05, 3.63) is 70.8 Å². The fourth-order valence-corrected chi connectivity index (χ4v) is 3.02. The highest BCUT2D eigenvalue weighted by molar-refractivity contribution is 5.98. The minimum atomic E-state index is -1.03. The van der Waals surface area contributed by atoms with Crippen LogP contribution < -0.4 is 0 Å². The molecule has 0 radical (unpaired) electrons. The van der Waals surface area contributed by atoms with Crippen molar-refractivity contribution in [3.63, 3.8) is 0 Å². The summed E-state index contributed by atoms with van der Waals surface area (Å²) in [5.74, 6) is 1.01. The zero-order valence-corrected chi connectivity index (χ0v) is 14.2. The first-order chi connectivity index (χ1) is 12.7. The Kier molecular flexibility index (Phi) is 4.69. The largest absolute Gasteiger partial charge is 0.473 e. The van der Waals surface area contributed by atoms with E-state index in [9.17, 15) is 10.2 Å². The molecule has 0 aromatic heterocycles. The van der Waals surface area contributed by atoms with E-state index in [1.54, 1.807) is 0 Å². The SMILES string of the molecule is O[C@@H](CN=C1OCc2ccccc21)[C@@H](O)CN=C1OCc2ccccc21. The Labute approximate surface area is 151 Å². The number of aliphatic hydroxyl groups is 2. The van der Waals surface area contributed by atoms with E-state index >= 15 is 0 Å². The fraction of sp³-hybridized carbons (Fsp3) is 0.300. The number of ether oxygens (including phenoxy) is 2. The maximum absolute atomic E-state index is 10.2. The van der Waals surface area contributed by atoms with E-state index in [4.69, 9.17) is 9.47 Å². The summed E-state index contributed by atoms with van der Waals surface area (Å²) >= 11 is 0. The Morgan fingerprint density at radius 1 is 0.731 bits per heavy atom. The van der Waals surface area contributed by atoms with Gasteiger partial charge in [-0.1, -0.05) is 36.4 Å². The van der Waals surface area contributed by atoms with Gasteiger partial charge >= 0.3 is 0 Å². The van der Waals surface area contributed by atoms with Crippen LogP contribution in [0, 0.1) is 0 Å². The van der Waals surface area contributed by atoms with Gasteiger partial charge < -0.3 is 19.7 Å². The first-order valence-corrected chi connectivity index (χ1v) is 8.59. The van der Waals surface area contributed by atoms with Crippen molar-refractivity contribution in [2.45, 2.75) is 25.4 Å². The van der Waals surface area contributed by atoms with Crippen LogP contribution >= 0.6 is 0 Å². The van der Waals surface area contributed by atoms with Crippen molar-refractivity contribution >= 4 is 11.8 Å². The first kappa shape index (κ1) is 16.8. The fourth-order valence-electron chi connectivity index (χ4n) is 3.02. The summed E-state index contributed by atoms with van der Waals surface area (Å²) in [4.78, 5) is 8.61. The predicted octanol–water partition coefficient (Wildman–Crippen LogP) is 1.66. The Hall–Kier alpha value is -2.70. The Morgan fingerprint density at radius 3 is 1.62 bits per heavy atom. The number of hydrogen-bond donors (Lipinski definition) is 2. The molecule has 6 nitrogen and oxygen atoms in total. The van der Waals surface area contributed by atoms with Gasteiger partial charge in [0.15, 0.2) is 0 Å². The molecule has 2 N–H and O–H groups in total. The van der Waals surface area contributed by atoms with Crippen molar-refractivity contribution in [1.82, 2.24) is 0 Å². The molecule has 26 heavy (non-hydrogen) atoms. The lowest BCUT2D eigenvalue weighted by Crippen LogP contribution is -2.32. The molecule has 0 unspecified atom stereocenters. The van der Waals surface area contributed by atoms with E-state index in [0.717, 1.165) is 22.3 Å². The number of nitrogens with zero attached hydrogens (tertiary/aromatic N) is 2. The Bertz CT molecular complexity index is 791. The molecule has 0 fully saturated rings. The molecule has 0 bridgehead atoms. The summed E-state index contributed by atoms with van der Waals surface area (Å²) in [5.41, 5.74) is 4.02. The van der Waals surface area contributed by atoms with Crippen molar-refractivity contribution in [2.24, 2.45) is 9.98 Å². The number of fused-ring (bicyclic) bond motifs is 2. The topological polar surface area (TPSA) is 83.6 Å². The van der Waals surface area contributed by atoms with Crippen molar-refractivity contribution in [2.75, 3.05) is 13.1 Å². The number of benzene rings is 2. The second-order valence-corrected chi connectivity index (χ2v) is 6.32. The van der Waals surface area contributed by atoms with Crippen LogP contribution in [0.3, 0.4) is 0 Å². The summed E-state index contributed by atoms with van der Waals surface area (Å²) < 4.78 is 11.1. The molecule has 2 aromatic rings. The second-order valence-electron chi connectivity index (χ2n) is 6.32. The van der Waals surface area contributed by atoms with Crippen molar-refractivity contribution in [3.8, 4) is 0 Å². The van der Waals surface area contributed by atoms with Crippen LogP contribution in [-0.4, -0.2) is 47.3 Å². The zero-order valence-electron chi connectivity index (χ0n) is 14.2. The van der Waals surface area contributed by atoms with E-state index in [1.807, 2.05) is 48.5 Å². The third kappa shape index (κ3) is 3.34. The standard InChI is InChI=1S/C20H20N2O4/c23-17(9-21-19-15-7-3-1-5-13(15)11-25-19)18(24)10-22-20-16-8-4-2-6-14(16)12-26-20/h1-8,17-18,23-24H,9-12H2/t17-,18-/m0/s1. The molecule has 0 saturated heterocycles. The molecule has 4 rings (SSSR count). The van der Waals surface area contributed by atoms with Gasteiger partial charge in [0.1, 0.15) is 25.4 Å². The van der Waals surface area contributed by atoms with Crippen LogP contribution in [0.1, 0.15) is 22.3 Å². The van der Waals surface area contributed by atoms with E-state index in [-0.39, 0.29) is 13.1 Å². The minimum Gasteiger partial charge on any atom is -0.473 e. The monoisotopic (exact) mass is 352 g/mol. The van der Waals surface area contributed by atoms with Gasteiger partial charge in [-0.3, -0.25) is 0 Å². The second kappa shape index (κ2) is 7.27. The van der Waals surface area contributed by atoms with Gasteiger partial charge in [-0.05, 0) is 12.1 Å². The summed E-state index contributed by atoms with van der Waals surface area (Å²) in [6.45, 7) is 1.07. The first-order valence-electron chi connectivity index (χ1n) is 8.59. The van der Waals surface area contributed by atoms with Crippen LogP contribution in [-0.2, 0) is 22.7 Å². The molecule has 2 aromatic carbocycles.